The van der Waals surface area contributed by atoms with Crippen molar-refractivity contribution in [3.63, 3.8) is 0 Å². The zero-order valence-electron chi connectivity index (χ0n) is 17.0. The van der Waals surface area contributed by atoms with Gasteiger partial charge in [-0.2, -0.15) is 0 Å². The van der Waals surface area contributed by atoms with Crippen molar-refractivity contribution >= 4 is 15.9 Å². The van der Waals surface area contributed by atoms with Gasteiger partial charge >= 0.3 is 0 Å². The lowest BCUT2D eigenvalue weighted by Gasteiger charge is -2.34. The number of hydrogen-bond donors (Lipinski definition) is 1. The minimum atomic E-state index is -3.27. The molecule has 2 atom stereocenters. The first-order valence-electron chi connectivity index (χ1n) is 9.58. The summed E-state index contributed by atoms with van der Waals surface area (Å²) in [6.07, 6.45) is 0.898. The van der Waals surface area contributed by atoms with Crippen LogP contribution in [0.2, 0.25) is 0 Å². The van der Waals surface area contributed by atoms with Crippen molar-refractivity contribution in [2.75, 3.05) is 18.8 Å². The van der Waals surface area contributed by atoms with Gasteiger partial charge in [0.2, 0.25) is 10.0 Å². The molecule has 1 saturated heterocycles. The van der Waals surface area contributed by atoms with Gasteiger partial charge in [-0.3, -0.25) is 4.79 Å². The fourth-order valence-electron chi connectivity index (χ4n) is 3.16. The van der Waals surface area contributed by atoms with Crippen molar-refractivity contribution in [2.45, 2.75) is 65.0 Å². The van der Waals surface area contributed by atoms with Gasteiger partial charge in [0.1, 0.15) is 5.75 Å². The molecule has 0 radical (unpaired) electrons. The first-order valence-corrected chi connectivity index (χ1v) is 11.2. The van der Waals surface area contributed by atoms with E-state index in [2.05, 4.69) is 25.5 Å². The number of rotatable bonds is 6. The molecule has 0 spiro atoms. The molecule has 1 aliphatic rings. The highest BCUT2D eigenvalue weighted by Crippen LogP contribution is 2.25. The molecule has 2 rings (SSSR count). The summed E-state index contributed by atoms with van der Waals surface area (Å²) in [7, 11) is -3.27. The molecule has 1 aromatic carbocycles. The number of sulfonamides is 1. The number of benzene rings is 1. The van der Waals surface area contributed by atoms with E-state index < -0.39 is 16.1 Å². The third-order valence-electron chi connectivity index (χ3n) is 4.84. The molecule has 0 unspecified atom stereocenters. The summed E-state index contributed by atoms with van der Waals surface area (Å²) in [5.74, 6) is 0.584. The molecule has 27 heavy (non-hydrogen) atoms. The van der Waals surface area contributed by atoms with E-state index in [4.69, 9.17) is 4.74 Å². The third kappa shape index (κ3) is 6.21. The largest absolute Gasteiger partial charge is 0.481 e. The molecule has 1 aromatic rings. The monoisotopic (exact) mass is 396 g/mol. The third-order valence-corrected chi connectivity index (χ3v) is 6.29. The summed E-state index contributed by atoms with van der Waals surface area (Å²) in [5.41, 5.74) is 1.27. The zero-order chi connectivity index (χ0) is 20.2. The number of carbonyl (C=O) groups excluding carboxylic acids is 1. The predicted octanol–water partition coefficient (Wildman–Crippen LogP) is 2.68. The van der Waals surface area contributed by atoms with Crippen LogP contribution in [-0.2, 0) is 20.2 Å². The Hall–Kier alpha value is -1.60. The van der Waals surface area contributed by atoms with Crippen LogP contribution in [-0.4, -0.2) is 50.2 Å². The Bertz CT molecular complexity index is 738. The van der Waals surface area contributed by atoms with Crippen LogP contribution in [0.3, 0.4) is 0 Å². The van der Waals surface area contributed by atoms with Gasteiger partial charge in [0.25, 0.3) is 5.91 Å². The normalized spacial score (nSPS) is 19.6. The van der Waals surface area contributed by atoms with Crippen molar-refractivity contribution in [1.82, 2.24) is 9.62 Å². The highest BCUT2D eigenvalue weighted by molar-refractivity contribution is 7.89. The standard InChI is InChI=1S/C20H32N2O4S/c1-6-27(24,25)21-17-8-7-13-22(14-17)19(23)15(2)26-18-11-9-16(10-12-18)20(3,4)5/h9-12,15,17,21H,6-8,13-14H2,1-5H3/t15-,17-/m1/s1. The number of ether oxygens (including phenoxy) is 1. The van der Waals surface area contributed by atoms with E-state index in [-0.39, 0.29) is 23.1 Å². The maximum absolute atomic E-state index is 12.7. The summed E-state index contributed by atoms with van der Waals surface area (Å²) in [6.45, 7) is 10.8. The molecule has 1 fully saturated rings. The lowest BCUT2D eigenvalue weighted by molar-refractivity contribution is -0.139. The summed E-state index contributed by atoms with van der Waals surface area (Å²) >= 11 is 0. The van der Waals surface area contributed by atoms with Gasteiger partial charge in [-0.25, -0.2) is 13.1 Å². The summed E-state index contributed by atoms with van der Waals surface area (Å²) in [5, 5.41) is 0. The molecule has 1 amide bonds. The molecule has 152 valence electrons. The maximum atomic E-state index is 12.7. The number of piperidine rings is 1. The van der Waals surface area contributed by atoms with Crippen LogP contribution in [0.4, 0.5) is 0 Å². The Morgan fingerprint density at radius 1 is 1.30 bits per heavy atom. The fraction of sp³-hybridized carbons (Fsp3) is 0.650. The molecule has 6 nitrogen and oxygen atoms in total. The minimum absolute atomic E-state index is 0.0432. The van der Waals surface area contributed by atoms with Gasteiger partial charge in [-0.1, -0.05) is 32.9 Å². The number of amides is 1. The van der Waals surface area contributed by atoms with E-state index in [9.17, 15) is 13.2 Å². The van der Waals surface area contributed by atoms with Gasteiger partial charge in [-0.15, -0.1) is 0 Å². The number of likely N-dealkylation sites (tertiary alicyclic amines) is 1. The van der Waals surface area contributed by atoms with Crippen molar-refractivity contribution in [2.24, 2.45) is 0 Å². The summed E-state index contributed by atoms with van der Waals surface area (Å²) in [4.78, 5) is 14.4. The van der Waals surface area contributed by atoms with E-state index >= 15 is 0 Å². The second-order valence-corrected chi connectivity index (χ2v) is 10.2. The molecule has 0 saturated carbocycles. The van der Waals surface area contributed by atoms with Gasteiger partial charge in [0.15, 0.2) is 6.10 Å². The highest BCUT2D eigenvalue weighted by atomic mass is 32.2. The van der Waals surface area contributed by atoms with Crippen LogP contribution >= 0.6 is 0 Å². The van der Waals surface area contributed by atoms with E-state index in [1.54, 1.807) is 18.7 Å². The predicted molar refractivity (Wildman–Crippen MR) is 107 cm³/mol. The van der Waals surface area contributed by atoms with E-state index in [0.29, 0.717) is 18.8 Å². The Morgan fingerprint density at radius 2 is 1.93 bits per heavy atom. The van der Waals surface area contributed by atoms with Gasteiger partial charge in [0, 0.05) is 19.1 Å². The minimum Gasteiger partial charge on any atom is -0.481 e. The SMILES string of the molecule is CCS(=O)(=O)N[C@@H]1CCCN(C(=O)[C@@H](C)Oc2ccc(C(C)(C)C)cc2)C1. The topological polar surface area (TPSA) is 75.7 Å². The second-order valence-electron chi connectivity index (χ2n) is 8.18. The molecule has 0 aliphatic carbocycles. The molecule has 0 bridgehead atoms. The lowest BCUT2D eigenvalue weighted by atomic mass is 9.87. The average molecular weight is 397 g/mol. The highest BCUT2D eigenvalue weighted by Gasteiger charge is 2.29. The molecule has 1 heterocycles. The first-order chi connectivity index (χ1) is 12.5. The van der Waals surface area contributed by atoms with Gasteiger partial charge < -0.3 is 9.64 Å². The Balaban J connectivity index is 1.96. The molecular formula is C20H32N2O4S. The molecular weight excluding hydrogens is 364 g/mol. The van der Waals surface area contributed by atoms with Crippen molar-refractivity contribution in [3.8, 4) is 5.75 Å². The average Bonchev–Trinajstić information content (AvgIpc) is 2.60. The van der Waals surface area contributed by atoms with Crippen LogP contribution < -0.4 is 9.46 Å². The number of nitrogens with zero attached hydrogens (tertiary/aromatic N) is 1. The summed E-state index contributed by atoms with van der Waals surface area (Å²) < 4.78 is 32.1. The fourth-order valence-corrected chi connectivity index (χ4v) is 4.02. The number of hydrogen-bond acceptors (Lipinski definition) is 4. The van der Waals surface area contributed by atoms with E-state index in [1.807, 2.05) is 24.3 Å². The number of nitrogens with one attached hydrogen (secondary N) is 1. The lowest BCUT2D eigenvalue weighted by Crippen LogP contribution is -2.52. The van der Waals surface area contributed by atoms with Crippen molar-refractivity contribution in [1.29, 1.82) is 0 Å². The van der Waals surface area contributed by atoms with Gasteiger partial charge in [0.05, 0.1) is 5.75 Å². The van der Waals surface area contributed by atoms with Crippen LogP contribution in [0, 0.1) is 0 Å². The van der Waals surface area contributed by atoms with Crippen LogP contribution in [0.25, 0.3) is 0 Å². The van der Waals surface area contributed by atoms with Crippen LogP contribution in [0.15, 0.2) is 24.3 Å². The Labute approximate surface area is 163 Å². The quantitative estimate of drug-likeness (QED) is 0.802. The Morgan fingerprint density at radius 3 is 2.48 bits per heavy atom. The zero-order valence-corrected chi connectivity index (χ0v) is 17.8. The van der Waals surface area contributed by atoms with Crippen LogP contribution in [0.1, 0.15) is 53.0 Å². The summed E-state index contributed by atoms with van der Waals surface area (Å²) in [6, 6.07) is 7.58. The van der Waals surface area contributed by atoms with Crippen LogP contribution in [0.5, 0.6) is 5.75 Å². The maximum Gasteiger partial charge on any atom is 0.263 e. The van der Waals surface area contributed by atoms with E-state index in [0.717, 1.165) is 12.8 Å². The second kappa shape index (κ2) is 8.61. The van der Waals surface area contributed by atoms with Gasteiger partial charge in [-0.05, 0) is 49.8 Å². The molecule has 7 heteroatoms. The van der Waals surface area contributed by atoms with E-state index in [1.165, 1.54) is 5.56 Å². The first kappa shape index (κ1) is 21.7. The smallest absolute Gasteiger partial charge is 0.263 e. The molecule has 1 N–H and O–H groups in total. The van der Waals surface area contributed by atoms with Crippen molar-refractivity contribution in [3.05, 3.63) is 29.8 Å². The molecule has 0 aromatic heterocycles. The number of carbonyl (C=O) groups is 1. The van der Waals surface area contributed by atoms with Crippen molar-refractivity contribution < 1.29 is 17.9 Å². The Kier molecular flexibility index (Phi) is 6.92. The molecule has 1 aliphatic heterocycles.